The van der Waals surface area contributed by atoms with Crippen molar-refractivity contribution in [2.45, 2.75) is 56.3 Å². The first-order valence-corrected chi connectivity index (χ1v) is 9.78. The molecule has 0 aliphatic carbocycles. The number of hydrogen-bond acceptors (Lipinski definition) is 6. The number of aromatic nitrogens is 2. The zero-order valence-corrected chi connectivity index (χ0v) is 15.0. The Morgan fingerprint density at radius 3 is 2.71 bits per heavy atom. The molecule has 2 N–H and O–H groups in total. The Morgan fingerprint density at radius 1 is 1.33 bits per heavy atom. The summed E-state index contributed by atoms with van der Waals surface area (Å²) in [5.74, 6) is 3.76. The largest absolute Gasteiger partial charge is 0.339 e. The average Bonchev–Trinajstić information content (AvgIpc) is 2.89. The van der Waals surface area contributed by atoms with Crippen molar-refractivity contribution in [3.05, 3.63) is 11.7 Å². The third-order valence-electron chi connectivity index (χ3n) is 3.92. The van der Waals surface area contributed by atoms with Crippen LogP contribution in [-0.4, -0.2) is 32.9 Å². The first kappa shape index (κ1) is 17.2. The van der Waals surface area contributed by atoms with Crippen molar-refractivity contribution in [1.29, 1.82) is 0 Å². The number of hydrogen-bond donors (Lipinski definition) is 1. The number of nitrogens with two attached hydrogens (primary N) is 1. The normalized spacial score (nSPS) is 28.0. The molecule has 1 aromatic rings. The van der Waals surface area contributed by atoms with Gasteiger partial charge in [-0.05, 0) is 24.8 Å². The van der Waals surface area contributed by atoms with Gasteiger partial charge < -0.3 is 10.3 Å². The fraction of sp³-hybridized carbons (Fsp3) is 0.867. The van der Waals surface area contributed by atoms with Crippen molar-refractivity contribution < 1.29 is 4.52 Å². The lowest BCUT2D eigenvalue weighted by atomic mass is 9.94. The molecule has 0 bridgehead atoms. The topological polar surface area (TPSA) is 64.9 Å². The van der Waals surface area contributed by atoms with Crippen LogP contribution in [0.1, 0.15) is 51.1 Å². The zero-order valence-electron chi connectivity index (χ0n) is 13.4. The standard InChI is InChI=1S/C15H27N3OS2/c1-9(2)5-12(7-16)6-14-17-15(18-19-14)13-8-20-10(3)11(4)21-13/h9-13H,5-8,16H2,1-4H3. The predicted octanol–water partition coefficient (Wildman–Crippen LogP) is 3.53. The molecule has 4 atom stereocenters. The lowest BCUT2D eigenvalue weighted by Gasteiger charge is -2.29. The van der Waals surface area contributed by atoms with Gasteiger partial charge in [0, 0.05) is 22.7 Å². The quantitative estimate of drug-likeness (QED) is 0.861. The smallest absolute Gasteiger partial charge is 0.227 e. The maximum atomic E-state index is 5.85. The van der Waals surface area contributed by atoms with Gasteiger partial charge in [0.2, 0.25) is 5.89 Å². The molecule has 0 radical (unpaired) electrons. The number of nitrogens with zero attached hydrogens (tertiary/aromatic N) is 2. The summed E-state index contributed by atoms with van der Waals surface area (Å²) in [7, 11) is 0. The molecule has 0 spiro atoms. The molecule has 1 aliphatic heterocycles. The van der Waals surface area contributed by atoms with E-state index in [1.807, 2.05) is 23.5 Å². The van der Waals surface area contributed by atoms with Crippen LogP contribution in [0.5, 0.6) is 0 Å². The Kier molecular flexibility index (Phi) is 6.44. The van der Waals surface area contributed by atoms with Crippen LogP contribution in [-0.2, 0) is 6.42 Å². The Balaban J connectivity index is 1.94. The molecule has 1 aliphatic rings. The van der Waals surface area contributed by atoms with Crippen LogP contribution in [0.25, 0.3) is 0 Å². The van der Waals surface area contributed by atoms with E-state index in [1.165, 1.54) is 0 Å². The molecule has 1 aromatic heterocycles. The molecular formula is C15H27N3OS2. The molecule has 0 aromatic carbocycles. The van der Waals surface area contributed by atoms with Crippen LogP contribution in [0, 0.1) is 11.8 Å². The molecule has 1 saturated heterocycles. The first-order valence-electron chi connectivity index (χ1n) is 7.79. The van der Waals surface area contributed by atoms with E-state index in [2.05, 4.69) is 37.8 Å². The van der Waals surface area contributed by atoms with Gasteiger partial charge in [-0.2, -0.15) is 16.7 Å². The maximum absolute atomic E-state index is 5.85. The van der Waals surface area contributed by atoms with Crippen molar-refractivity contribution in [1.82, 2.24) is 10.1 Å². The SMILES string of the molecule is CC(C)CC(CN)Cc1nc(C2CSC(C)C(C)S2)no1. The van der Waals surface area contributed by atoms with Gasteiger partial charge in [-0.1, -0.05) is 32.9 Å². The van der Waals surface area contributed by atoms with Crippen LogP contribution in [0.3, 0.4) is 0 Å². The molecule has 0 saturated carbocycles. The predicted molar refractivity (Wildman–Crippen MR) is 91.7 cm³/mol. The Labute approximate surface area is 136 Å². The highest BCUT2D eigenvalue weighted by Crippen LogP contribution is 2.43. The van der Waals surface area contributed by atoms with Crippen molar-refractivity contribution in [2.24, 2.45) is 17.6 Å². The molecule has 2 rings (SSSR count). The van der Waals surface area contributed by atoms with E-state index in [0.717, 1.165) is 30.3 Å². The molecule has 21 heavy (non-hydrogen) atoms. The Hall–Kier alpha value is -0.200. The van der Waals surface area contributed by atoms with Crippen molar-refractivity contribution in [2.75, 3.05) is 12.3 Å². The summed E-state index contributed by atoms with van der Waals surface area (Å²) >= 11 is 3.97. The molecule has 6 heteroatoms. The van der Waals surface area contributed by atoms with Crippen LogP contribution < -0.4 is 5.73 Å². The minimum absolute atomic E-state index is 0.361. The second-order valence-electron chi connectivity index (χ2n) is 6.35. The van der Waals surface area contributed by atoms with E-state index in [-0.39, 0.29) is 0 Å². The van der Waals surface area contributed by atoms with E-state index in [9.17, 15) is 0 Å². The van der Waals surface area contributed by atoms with Gasteiger partial charge in [0.1, 0.15) is 0 Å². The van der Waals surface area contributed by atoms with Crippen molar-refractivity contribution in [3.63, 3.8) is 0 Å². The Bertz CT molecular complexity index is 438. The minimum Gasteiger partial charge on any atom is -0.339 e. The Morgan fingerprint density at radius 2 is 2.10 bits per heavy atom. The van der Waals surface area contributed by atoms with Gasteiger partial charge >= 0.3 is 0 Å². The highest BCUT2D eigenvalue weighted by molar-refractivity contribution is 8.07. The molecule has 1 fully saturated rings. The molecule has 0 amide bonds. The van der Waals surface area contributed by atoms with E-state index in [0.29, 0.717) is 34.1 Å². The summed E-state index contributed by atoms with van der Waals surface area (Å²) < 4.78 is 5.45. The molecule has 4 nitrogen and oxygen atoms in total. The zero-order chi connectivity index (χ0) is 15.4. The highest BCUT2D eigenvalue weighted by Gasteiger charge is 2.30. The summed E-state index contributed by atoms with van der Waals surface area (Å²) in [5.41, 5.74) is 5.85. The number of rotatable bonds is 6. The molecule has 2 heterocycles. The average molecular weight is 330 g/mol. The van der Waals surface area contributed by atoms with Gasteiger partial charge in [-0.3, -0.25) is 0 Å². The number of thioether (sulfide) groups is 2. The van der Waals surface area contributed by atoms with Crippen LogP contribution in [0.2, 0.25) is 0 Å². The van der Waals surface area contributed by atoms with Crippen molar-refractivity contribution in [3.8, 4) is 0 Å². The van der Waals surface area contributed by atoms with E-state index in [1.54, 1.807) is 0 Å². The van der Waals surface area contributed by atoms with Gasteiger partial charge in [-0.25, -0.2) is 0 Å². The van der Waals surface area contributed by atoms with Gasteiger partial charge in [-0.15, -0.1) is 11.8 Å². The van der Waals surface area contributed by atoms with E-state index < -0.39 is 0 Å². The molecular weight excluding hydrogens is 302 g/mol. The van der Waals surface area contributed by atoms with Crippen LogP contribution in [0.4, 0.5) is 0 Å². The fourth-order valence-electron chi connectivity index (χ4n) is 2.58. The van der Waals surface area contributed by atoms with Gasteiger partial charge in [0.15, 0.2) is 5.82 Å². The summed E-state index contributed by atoms with van der Waals surface area (Å²) in [5, 5.41) is 5.90. The third kappa shape index (κ3) is 4.89. The lowest BCUT2D eigenvalue weighted by Crippen LogP contribution is -2.22. The fourth-order valence-corrected chi connectivity index (χ4v) is 5.41. The second-order valence-corrected chi connectivity index (χ2v) is 9.35. The third-order valence-corrected chi connectivity index (χ3v) is 7.31. The second kappa shape index (κ2) is 7.88. The lowest BCUT2D eigenvalue weighted by molar-refractivity contribution is 0.329. The minimum atomic E-state index is 0.361. The maximum Gasteiger partial charge on any atom is 0.227 e. The molecule has 4 unspecified atom stereocenters. The van der Waals surface area contributed by atoms with E-state index >= 15 is 0 Å². The van der Waals surface area contributed by atoms with Crippen LogP contribution >= 0.6 is 23.5 Å². The summed E-state index contributed by atoms with van der Waals surface area (Å²) in [6.07, 6.45) is 1.91. The monoisotopic (exact) mass is 329 g/mol. The van der Waals surface area contributed by atoms with Crippen molar-refractivity contribution >= 4 is 23.5 Å². The molecule has 120 valence electrons. The first-order chi connectivity index (χ1) is 9.99. The van der Waals surface area contributed by atoms with Crippen LogP contribution in [0.15, 0.2) is 4.52 Å². The summed E-state index contributed by atoms with van der Waals surface area (Å²) in [4.78, 5) is 4.62. The van der Waals surface area contributed by atoms with Gasteiger partial charge in [0.25, 0.3) is 0 Å². The van der Waals surface area contributed by atoms with Gasteiger partial charge in [0.05, 0.1) is 5.25 Å². The highest BCUT2D eigenvalue weighted by atomic mass is 32.2. The summed E-state index contributed by atoms with van der Waals surface area (Å²) in [6.45, 7) is 9.69. The van der Waals surface area contributed by atoms with E-state index in [4.69, 9.17) is 10.3 Å². The summed E-state index contributed by atoms with van der Waals surface area (Å²) in [6, 6.07) is 0.